The molecule has 1 fully saturated rings. The summed E-state index contributed by atoms with van der Waals surface area (Å²) in [6, 6.07) is -0.825. The first-order valence-electron chi connectivity index (χ1n) is 17.9. The van der Waals surface area contributed by atoms with E-state index in [1.54, 1.807) is 6.08 Å². The van der Waals surface area contributed by atoms with Gasteiger partial charge in [-0.25, -0.2) is 0 Å². The van der Waals surface area contributed by atoms with Crippen LogP contribution >= 0.6 is 0 Å². The molecule has 1 saturated heterocycles. The van der Waals surface area contributed by atoms with E-state index in [0.29, 0.717) is 6.42 Å². The Kier molecular flexibility index (Phi) is 25.8. The molecule has 1 rings (SSSR count). The number of allylic oxidation sites excluding steroid dienone is 7. The van der Waals surface area contributed by atoms with Crippen LogP contribution in [0.4, 0.5) is 0 Å². The zero-order valence-corrected chi connectivity index (χ0v) is 28.6. The van der Waals surface area contributed by atoms with E-state index in [1.165, 1.54) is 25.7 Å². The van der Waals surface area contributed by atoms with Crippen LogP contribution < -0.4 is 5.32 Å². The molecule has 1 heterocycles. The Hall–Kier alpha value is -1.85. The van der Waals surface area contributed by atoms with Gasteiger partial charge in [0.1, 0.15) is 24.4 Å². The summed E-state index contributed by atoms with van der Waals surface area (Å²) < 4.78 is 11.1. The topological polar surface area (TPSA) is 149 Å². The SMILES string of the molecule is CCCC/C=C/CC/C=C/C(O)C(COC1OC(CO)C(O)C(O)C1O)NC(=O)CCCCCCC/C=C\C/C=C\CCCCC. The molecule has 9 nitrogen and oxygen atoms in total. The first kappa shape index (κ1) is 42.2. The molecule has 46 heavy (non-hydrogen) atoms. The van der Waals surface area contributed by atoms with Crippen molar-refractivity contribution in [1.82, 2.24) is 5.32 Å². The maximum Gasteiger partial charge on any atom is 0.220 e. The minimum Gasteiger partial charge on any atom is -0.394 e. The number of aliphatic hydroxyl groups excluding tert-OH is 5. The molecule has 1 amide bonds. The highest BCUT2D eigenvalue weighted by molar-refractivity contribution is 5.76. The van der Waals surface area contributed by atoms with Crippen LogP contribution in [0.1, 0.15) is 123 Å². The fourth-order valence-electron chi connectivity index (χ4n) is 5.13. The van der Waals surface area contributed by atoms with E-state index >= 15 is 0 Å². The van der Waals surface area contributed by atoms with Crippen molar-refractivity contribution < 1.29 is 39.8 Å². The Morgan fingerprint density at radius 1 is 0.739 bits per heavy atom. The molecular formula is C37H65NO8. The van der Waals surface area contributed by atoms with Gasteiger partial charge < -0.3 is 40.3 Å². The Morgan fingerprint density at radius 3 is 2.02 bits per heavy atom. The lowest BCUT2D eigenvalue weighted by molar-refractivity contribution is -0.302. The standard InChI is InChI=1S/C37H65NO8/c1-3-5-7-9-11-13-14-15-16-17-18-19-21-23-25-27-33(41)38-30(31(40)26-24-22-20-12-10-8-6-4-2)29-45-37-36(44)35(43)34(42)32(28-39)46-37/h10-13,15-16,24,26,30-32,34-37,39-40,42-44H,3-9,14,17-23,25,27-29H2,1-2H3,(H,38,41)/b12-10+,13-11-,16-15-,26-24+. The van der Waals surface area contributed by atoms with Crippen molar-refractivity contribution in [3.8, 4) is 0 Å². The maximum absolute atomic E-state index is 12.8. The molecule has 1 aliphatic rings. The molecule has 0 aromatic rings. The second-order valence-electron chi connectivity index (χ2n) is 12.3. The van der Waals surface area contributed by atoms with Crippen molar-refractivity contribution in [3.05, 3.63) is 48.6 Å². The van der Waals surface area contributed by atoms with Gasteiger partial charge in [-0.05, 0) is 57.8 Å². The number of carbonyl (C=O) groups excluding carboxylic acids is 1. The predicted octanol–water partition coefficient (Wildman–Crippen LogP) is 5.54. The summed E-state index contributed by atoms with van der Waals surface area (Å²) in [5.41, 5.74) is 0. The summed E-state index contributed by atoms with van der Waals surface area (Å²) in [7, 11) is 0. The van der Waals surface area contributed by atoms with E-state index in [2.05, 4.69) is 55.6 Å². The van der Waals surface area contributed by atoms with Gasteiger partial charge in [-0.1, -0.05) is 107 Å². The van der Waals surface area contributed by atoms with Crippen molar-refractivity contribution in [1.29, 1.82) is 0 Å². The van der Waals surface area contributed by atoms with Gasteiger partial charge in [-0.3, -0.25) is 4.79 Å². The van der Waals surface area contributed by atoms with Gasteiger partial charge in [0, 0.05) is 6.42 Å². The Morgan fingerprint density at radius 2 is 1.33 bits per heavy atom. The highest BCUT2D eigenvalue weighted by Crippen LogP contribution is 2.22. The monoisotopic (exact) mass is 651 g/mol. The van der Waals surface area contributed by atoms with Crippen molar-refractivity contribution in [2.45, 2.75) is 166 Å². The highest BCUT2D eigenvalue weighted by atomic mass is 16.7. The molecule has 0 radical (unpaired) electrons. The van der Waals surface area contributed by atoms with E-state index < -0.39 is 49.5 Å². The zero-order chi connectivity index (χ0) is 33.8. The number of rotatable bonds is 27. The minimum absolute atomic E-state index is 0.209. The molecule has 0 spiro atoms. The summed E-state index contributed by atoms with van der Waals surface area (Å²) >= 11 is 0. The van der Waals surface area contributed by atoms with Crippen LogP contribution in [0.5, 0.6) is 0 Å². The van der Waals surface area contributed by atoms with Crippen molar-refractivity contribution in [2.24, 2.45) is 0 Å². The number of amides is 1. The average Bonchev–Trinajstić information content (AvgIpc) is 3.05. The van der Waals surface area contributed by atoms with Crippen molar-refractivity contribution in [3.63, 3.8) is 0 Å². The summed E-state index contributed by atoms with van der Waals surface area (Å²) in [4.78, 5) is 12.8. The number of nitrogens with one attached hydrogen (secondary N) is 1. The maximum atomic E-state index is 12.8. The third-order valence-electron chi connectivity index (χ3n) is 8.13. The second-order valence-corrected chi connectivity index (χ2v) is 12.3. The molecule has 0 aliphatic carbocycles. The third kappa shape index (κ3) is 19.7. The van der Waals surface area contributed by atoms with E-state index in [1.807, 2.05) is 6.08 Å². The largest absolute Gasteiger partial charge is 0.394 e. The van der Waals surface area contributed by atoms with Gasteiger partial charge in [0.15, 0.2) is 6.29 Å². The molecule has 6 N–H and O–H groups in total. The highest BCUT2D eigenvalue weighted by Gasteiger charge is 2.44. The first-order valence-corrected chi connectivity index (χ1v) is 17.9. The molecule has 9 heteroatoms. The van der Waals surface area contributed by atoms with Crippen LogP contribution in [0.25, 0.3) is 0 Å². The molecule has 0 saturated carbocycles. The van der Waals surface area contributed by atoms with E-state index in [4.69, 9.17) is 9.47 Å². The second kappa shape index (κ2) is 28.2. The van der Waals surface area contributed by atoms with Gasteiger partial charge in [-0.15, -0.1) is 0 Å². The molecule has 266 valence electrons. The Balaban J connectivity index is 2.48. The molecule has 7 atom stereocenters. The van der Waals surface area contributed by atoms with Gasteiger partial charge in [0.25, 0.3) is 0 Å². The summed E-state index contributed by atoms with van der Waals surface area (Å²) in [6.45, 7) is 3.60. The van der Waals surface area contributed by atoms with E-state index in [9.17, 15) is 30.3 Å². The number of hydrogen-bond donors (Lipinski definition) is 6. The molecular weight excluding hydrogens is 586 g/mol. The normalized spacial score (nSPS) is 23.7. The smallest absolute Gasteiger partial charge is 0.220 e. The average molecular weight is 652 g/mol. The van der Waals surface area contributed by atoms with Crippen LogP contribution in [0.2, 0.25) is 0 Å². The van der Waals surface area contributed by atoms with Crippen LogP contribution in [0, 0.1) is 0 Å². The van der Waals surface area contributed by atoms with Crippen LogP contribution in [0.15, 0.2) is 48.6 Å². The summed E-state index contributed by atoms with van der Waals surface area (Å²) in [5.74, 6) is -0.209. The van der Waals surface area contributed by atoms with Gasteiger partial charge in [-0.2, -0.15) is 0 Å². The minimum atomic E-state index is -1.57. The van der Waals surface area contributed by atoms with Gasteiger partial charge >= 0.3 is 0 Å². The third-order valence-corrected chi connectivity index (χ3v) is 8.13. The predicted molar refractivity (Wildman–Crippen MR) is 184 cm³/mol. The van der Waals surface area contributed by atoms with Crippen LogP contribution in [-0.2, 0) is 14.3 Å². The Bertz CT molecular complexity index is 858. The lowest BCUT2D eigenvalue weighted by Gasteiger charge is -2.40. The number of ether oxygens (including phenoxy) is 2. The van der Waals surface area contributed by atoms with Gasteiger partial charge in [0.05, 0.1) is 25.4 Å². The van der Waals surface area contributed by atoms with Crippen molar-refractivity contribution >= 4 is 5.91 Å². The number of carbonyl (C=O) groups is 1. The molecule has 0 bridgehead atoms. The van der Waals surface area contributed by atoms with E-state index in [0.717, 1.165) is 77.0 Å². The molecule has 7 unspecified atom stereocenters. The number of hydrogen-bond acceptors (Lipinski definition) is 8. The summed E-state index contributed by atoms with van der Waals surface area (Å²) in [6.07, 6.45) is 26.0. The summed E-state index contributed by atoms with van der Waals surface area (Å²) in [5, 5.41) is 53.6. The van der Waals surface area contributed by atoms with Crippen LogP contribution in [-0.4, -0.2) is 87.5 Å². The fourth-order valence-corrected chi connectivity index (χ4v) is 5.13. The number of unbranched alkanes of at least 4 members (excludes halogenated alkanes) is 11. The van der Waals surface area contributed by atoms with Gasteiger partial charge in [0.2, 0.25) is 5.91 Å². The lowest BCUT2D eigenvalue weighted by atomic mass is 9.99. The molecule has 0 aromatic heterocycles. The molecule has 1 aliphatic heterocycles. The van der Waals surface area contributed by atoms with Crippen molar-refractivity contribution in [2.75, 3.05) is 13.2 Å². The first-order chi connectivity index (χ1) is 22.3. The van der Waals surface area contributed by atoms with E-state index in [-0.39, 0.29) is 12.5 Å². The number of aliphatic hydroxyl groups is 5. The fraction of sp³-hybridized carbons (Fsp3) is 0.757. The lowest BCUT2D eigenvalue weighted by Crippen LogP contribution is -2.60. The molecule has 0 aromatic carbocycles. The Labute approximate surface area is 278 Å². The van der Waals surface area contributed by atoms with Crippen LogP contribution in [0.3, 0.4) is 0 Å². The zero-order valence-electron chi connectivity index (χ0n) is 28.6. The quantitative estimate of drug-likeness (QED) is 0.0501.